The molecule has 1 fully saturated rings. The highest BCUT2D eigenvalue weighted by Crippen LogP contribution is 2.15. The minimum absolute atomic E-state index is 0.0681. The fourth-order valence-corrected chi connectivity index (χ4v) is 2.97. The van der Waals surface area contributed by atoms with E-state index in [1.165, 1.54) is 6.26 Å². The summed E-state index contributed by atoms with van der Waals surface area (Å²) in [6, 6.07) is 11.3. The number of nitrogens with zero attached hydrogens (tertiary/aromatic N) is 2. The number of hydrogen-bond donors (Lipinski definition) is 1. The Hall–Kier alpha value is -1.86. The van der Waals surface area contributed by atoms with E-state index in [4.69, 9.17) is 16.6 Å². The molecule has 1 aliphatic rings. The zero-order chi connectivity index (χ0) is 16.2. The summed E-state index contributed by atoms with van der Waals surface area (Å²) in [6.45, 7) is 2.66. The van der Waals surface area contributed by atoms with Crippen molar-refractivity contribution in [2.45, 2.75) is 0 Å². The molecule has 0 saturated carbocycles. The Labute approximate surface area is 148 Å². The second-order valence-corrected chi connectivity index (χ2v) is 6.50. The Bertz CT molecular complexity index is 680. The molecule has 0 bridgehead atoms. The van der Waals surface area contributed by atoms with Gasteiger partial charge in [-0.05, 0) is 48.6 Å². The van der Waals surface area contributed by atoms with Gasteiger partial charge in [0.1, 0.15) is 0 Å². The van der Waals surface area contributed by atoms with Gasteiger partial charge in [0.05, 0.1) is 6.26 Å². The van der Waals surface area contributed by atoms with Crippen molar-refractivity contribution in [2.24, 2.45) is 0 Å². The van der Waals surface area contributed by atoms with Gasteiger partial charge in [0, 0.05) is 36.3 Å². The van der Waals surface area contributed by atoms with Gasteiger partial charge >= 0.3 is 0 Å². The van der Waals surface area contributed by atoms with E-state index in [0.717, 1.165) is 10.2 Å². The largest absolute Gasteiger partial charge is 0.459 e. The summed E-state index contributed by atoms with van der Waals surface area (Å²) in [4.78, 5) is 16.1. The van der Waals surface area contributed by atoms with Gasteiger partial charge < -0.3 is 19.5 Å². The lowest BCUT2D eigenvalue weighted by Gasteiger charge is -2.35. The third-order valence-electron chi connectivity index (χ3n) is 3.68. The minimum Gasteiger partial charge on any atom is -0.459 e. The molecule has 1 N–H and O–H groups in total. The zero-order valence-corrected chi connectivity index (χ0v) is 14.8. The summed E-state index contributed by atoms with van der Waals surface area (Å²) in [6.07, 6.45) is 1.51. The van der Waals surface area contributed by atoms with Gasteiger partial charge in [0.15, 0.2) is 10.9 Å². The minimum atomic E-state index is -0.0681. The first-order valence-electron chi connectivity index (χ1n) is 7.28. The van der Waals surface area contributed by atoms with Crippen molar-refractivity contribution in [1.29, 1.82) is 0 Å². The van der Waals surface area contributed by atoms with Gasteiger partial charge in [-0.2, -0.15) is 0 Å². The van der Waals surface area contributed by atoms with E-state index in [0.29, 0.717) is 37.1 Å². The van der Waals surface area contributed by atoms with Crippen LogP contribution in [0.1, 0.15) is 10.6 Å². The number of furan rings is 1. The molecule has 1 saturated heterocycles. The average molecular weight is 394 g/mol. The Kier molecular flexibility index (Phi) is 4.97. The third kappa shape index (κ3) is 3.92. The highest BCUT2D eigenvalue weighted by molar-refractivity contribution is 9.10. The lowest BCUT2D eigenvalue weighted by atomic mass is 10.3. The van der Waals surface area contributed by atoms with Crippen LogP contribution < -0.4 is 5.32 Å². The highest BCUT2D eigenvalue weighted by atomic mass is 79.9. The van der Waals surface area contributed by atoms with Crippen LogP contribution in [0.2, 0.25) is 0 Å². The molecule has 0 spiro atoms. The first-order chi connectivity index (χ1) is 11.1. The number of anilines is 1. The molecule has 0 radical (unpaired) electrons. The number of benzene rings is 1. The SMILES string of the molecule is O=C(c1ccco1)N1CCN(C(=S)Nc2ccc(Br)cc2)CC1. The predicted octanol–water partition coefficient (Wildman–Crippen LogP) is 3.20. The molecule has 1 amide bonds. The predicted molar refractivity (Wildman–Crippen MR) is 96.5 cm³/mol. The lowest BCUT2D eigenvalue weighted by Crippen LogP contribution is -2.51. The number of halogens is 1. The van der Waals surface area contributed by atoms with E-state index in [-0.39, 0.29) is 5.91 Å². The number of hydrogen-bond acceptors (Lipinski definition) is 3. The van der Waals surface area contributed by atoms with Crippen molar-refractivity contribution in [3.63, 3.8) is 0 Å². The molecule has 0 atom stereocenters. The number of carbonyl (C=O) groups excluding carboxylic acids is 1. The number of rotatable bonds is 2. The summed E-state index contributed by atoms with van der Waals surface area (Å²) in [5.74, 6) is 0.315. The van der Waals surface area contributed by atoms with Crippen molar-refractivity contribution in [3.05, 3.63) is 52.9 Å². The second-order valence-electron chi connectivity index (χ2n) is 5.19. The van der Waals surface area contributed by atoms with E-state index in [1.807, 2.05) is 24.3 Å². The Morgan fingerprint density at radius 1 is 1.09 bits per heavy atom. The van der Waals surface area contributed by atoms with Crippen molar-refractivity contribution in [3.8, 4) is 0 Å². The van der Waals surface area contributed by atoms with Gasteiger partial charge in [-0.25, -0.2) is 0 Å². The smallest absolute Gasteiger partial charge is 0.289 e. The van der Waals surface area contributed by atoms with Crippen LogP contribution in [-0.4, -0.2) is 47.0 Å². The molecule has 0 unspecified atom stereocenters. The van der Waals surface area contributed by atoms with Crippen LogP contribution in [0.4, 0.5) is 5.69 Å². The quantitative estimate of drug-likeness (QED) is 0.793. The van der Waals surface area contributed by atoms with Gasteiger partial charge in [-0.3, -0.25) is 4.79 Å². The van der Waals surface area contributed by atoms with Gasteiger partial charge in [0.25, 0.3) is 5.91 Å². The first kappa shape index (κ1) is 16.0. The van der Waals surface area contributed by atoms with Crippen LogP contribution in [0.25, 0.3) is 0 Å². The molecule has 2 heterocycles. The number of piperazine rings is 1. The summed E-state index contributed by atoms with van der Waals surface area (Å²) in [7, 11) is 0. The third-order valence-corrected chi connectivity index (χ3v) is 4.57. The van der Waals surface area contributed by atoms with E-state index >= 15 is 0 Å². The molecule has 1 aliphatic heterocycles. The van der Waals surface area contributed by atoms with Crippen LogP contribution >= 0.6 is 28.1 Å². The Morgan fingerprint density at radius 2 is 1.74 bits per heavy atom. The summed E-state index contributed by atoms with van der Waals surface area (Å²) < 4.78 is 6.19. The van der Waals surface area contributed by atoms with Crippen molar-refractivity contribution >= 4 is 44.9 Å². The summed E-state index contributed by atoms with van der Waals surface area (Å²) >= 11 is 8.86. The fourth-order valence-electron chi connectivity index (χ4n) is 2.40. The molecule has 1 aromatic heterocycles. The summed E-state index contributed by atoms with van der Waals surface area (Å²) in [5, 5.41) is 3.90. The number of carbonyl (C=O) groups is 1. The molecule has 0 aliphatic carbocycles. The number of thiocarbonyl (C=S) groups is 1. The van der Waals surface area contributed by atoms with E-state index in [2.05, 4.69) is 26.1 Å². The van der Waals surface area contributed by atoms with Crippen LogP contribution in [0.5, 0.6) is 0 Å². The maximum Gasteiger partial charge on any atom is 0.289 e. The van der Waals surface area contributed by atoms with E-state index < -0.39 is 0 Å². The summed E-state index contributed by atoms with van der Waals surface area (Å²) in [5.41, 5.74) is 0.951. The fraction of sp³-hybridized carbons (Fsp3) is 0.250. The zero-order valence-electron chi connectivity index (χ0n) is 12.4. The van der Waals surface area contributed by atoms with E-state index in [1.54, 1.807) is 17.0 Å². The average Bonchev–Trinajstić information content (AvgIpc) is 3.11. The van der Waals surface area contributed by atoms with Crippen molar-refractivity contribution in [1.82, 2.24) is 9.80 Å². The standard InChI is InChI=1S/C16H16BrN3O2S/c17-12-3-5-13(6-4-12)18-16(23)20-9-7-19(8-10-20)15(21)14-2-1-11-22-14/h1-6,11H,7-10H2,(H,18,23). The maximum absolute atomic E-state index is 12.2. The van der Waals surface area contributed by atoms with Gasteiger partial charge in [-0.1, -0.05) is 15.9 Å². The van der Waals surface area contributed by atoms with Crippen molar-refractivity contribution < 1.29 is 9.21 Å². The number of nitrogens with one attached hydrogen (secondary N) is 1. The highest BCUT2D eigenvalue weighted by Gasteiger charge is 2.24. The molecule has 1 aromatic carbocycles. The molecular formula is C16H16BrN3O2S. The normalized spacial score (nSPS) is 14.7. The Balaban J connectivity index is 1.53. The van der Waals surface area contributed by atoms with Crippen LogP contribution in [0.3, 0.4) is 0 Å². The first-order valence-corrected chi connectivity index (χ1v) is 8.48. The van der Waals surface area contributed by atoms with Gasteiger partial charge in [0.2, 0.25) is 0 Å². The van der Waals surface area contributed by atoms with Gasteiger partial charge in [-0.15, -0.1) is 0 Å². The molecule has 3 rings (SSSR count). The molecule has 23 heavy (non-hydrogen) atoms. The van der Waals surface area contributed by atoms with Crippen molar-refractivity contribution in [2.75, 3.05) is 31.5 Å². The van der Waals surface area contributed by atoms with Crippen LogP contribution in [0.15, 0.2) is 51.6 Å². The number of amides is 1. The van der Waals surface area contributed by atoms with Crippen LogP contribution in [0, 0.1) is 0 Å². The monoisotopic (exact) mass is 393 g/mol. The lowest BCUT2D eigenvalue weighted by molar-refractivity contribution is 0.0661. The molecular weight excluding hydrogens is 378 g/mol. The maximum atomic E-state index is 12.2. The van der Waals surface area contributed by atoms with E-state index in [9.17, 15) is 4.79 Å². The topological polar surface area (TPSA) is 48.7 Å². The molecule has 2 aromatic rings. The molecule has 5 nitrogen and oxygen atoms in total. The second kappa shape index (κ2) is 7.14. The Morgan fingerprint density at radius 3 is 2.35 bits per heavy atom. The molecule has 120 valence electrons. The molecule has 7 heteroatoms. The van der Waals surface area contributed by atoms with Crippen LogP contribution in [-0.2, 0) is 0 Å².